The van der Waals surface area contributed by atoms with E-state index in [4.69, 9.17) is 4.98 Å². The van der Waals surface area contributed by atoms with Gasteiger partial charge in [-0.25, -0.2) is 9.37 Å². The molecule has 0 radical (unpaired) electrons. The van der Waals surface area contributed by atoms with E-state index in [-0.39, 0.29) is 11.6 Å². The molecule has 1 aliphatic heterocycles. The van der Waals surface area contributed by atoms with Gasteiger partial charge in [0.05, 0.1) is 24.5 Å². The van der Waals surface area contributed by atoms with Crippen LogP contribution in [0.15, 0.2) is 24.3 Å². The zero-order valence-electron chi connectivity index (χ0n) is 15.4. The first kappa shape index (κ1) is 18.5. The smallest absolute Gasteiger partial charge is 0.238 e. The van der Waals surface area contributed by atoms with E-state index >= 15 is 0 Å². The zero-order chi connectivity index (χ0) is 18.6. The summed E-state index contributed by atoms with van der Waals surface area (Å²) in [5.41, 5.74) is 1.57. The lowest BCUT2D eigenvalue weighted by Crippen LogP contribution is -2.48. The number of nitrogens with one attached hydrogen (secondary N) is 1. The molecular weight excluding hydrogens is 363 g/mol. The van der Waals surface area contributed by atoms with E-state index in [1.54, 1.807) is 18.2 Å². The SMILES string of the molecule is O=C(CN1CCN(Cc2nc3c(s2)CCCC3)CC1)Nc1ccccc1F. The van der Waals surface area contributed by atoms with Gasteiger partial charge in [0.25, 0.3) is 0 Å². The Kier molecular flexibility index (Phi) is 5.80. The molecule has 1 aromatic carbocycles. The van der Waals surface area contributed by atoms with Gasteiger partial charge in [0.15, 0.2) is 0 Å². The van der Waals surface area contributed by atoms with Gasteiger partial charge in [0.1, 0.15) is 10.8 Å². The molecule has 2 aliphatic rings. The van der Waals surface area contributed by atoms with Crippen molar-refractivity contribution in [1.29, 1.82) is 0 Å². The highest BCUT2D eigenvalue weighted by atomic mass is 32.1. The van der Waals surface area contributed by atoms with E-state index in [1.165, 1.54) is 40.9 Å². The molecule has 4 rings (SSSR count). The maximum Gasteiger partial charge on any atom is 0.238 e. The Hall–Kier alpha value is -1.83. The summed E-state index contributed by atoms with van der Waals surface area (Å²) in [5.74, 6) is -0.567. The molecule has 1 aromatic heterocycles. The molecular formula is C20H25FN4OS. The molecule has 144 valence electrons. The van der Waals surface area contributed by atoms with Gasteiger partial charge in [0.2, 0.25) is 5.91 Å². The van der Waals surface area contributed by atoms with Crippen LogP contribution in [0.4, 0.5) is 10.1 Å². The van der Waals surface area contributed by atoms with Crippen LogP contribution < -0.4 is 5.32 Å². The summed E-state index contributed by atoms with van der Waals surface area (Å²) >= 11 is 1.88. The maximum absolute atomic E-state index is 13.6. The van der Waals surface area contributed by atoms with Crippen molar-refractivity contribution >= 4 is 22.9 Å². The minimum Gasteiger partial charge on any atom is -0.322 e. The highest BCUT2D eigenvalue weighted by Gasteiger charge is 2.22. The lowest BCUT2D eigenvalue weighted by atomic mass is 10.0. The second-order valence-electron chi connectivity index (χ2n) is 7.26. The topological polar surface area (TPSA) is 48.5 Å². The van der Waals surface area contributed by atoms with Crippen LogP contribution in [-0.2, 0) is 24.2 Å². The van der Waals surface area contributed by atoms with Gasteiger partial charge in [-0.2, -0.15) is 0 Å². The maximum atomic E-state index is 13.6. The first-order valence-corrected chi connectivity index (χ1v) is 10.5. The number of carbonyl (C=O) groups is 1. The Morgan fingerprint density at radius 2 is 1.85 bits per heavy atom. The van der Waals surface area contributed by atoms with E-state index in [9.17, 15) is 9.18 Å². The van der Waals surface area contributed by atoms with E-state index in [2.05, 4.69) is 15.1 Å². The fraction of sp³-hybridized carbons (Fsp3) is 0.500. The average Bonchev–Trinajstić information content (AvgIpc) is 3.07. The molecule has 0 spiro atoms. The summed E-state index contributed by atoms with van der Waals surface area (Å²) in [5, 5.41) is 3.89. The number of anilines is 1. The predicted molar refractivity (Wildman–Crippen MR) is 106 cm³/mol. The summed E-state index contributed by atoms with van der Waals surface area (Å²) in [7, 11) is 0. The Morgan fingerprint density at radius 1 is 1.11 bits per heavy atom. The molecule has 0 unspecified atom stereocenters. The Balaban J connectivity index is 1.23. The average molecular weight is 389 g/mol. The Bertz CT molecular complexity index is 778. The number of hydrogen-bond donors (Lipinski definition) is 1. The number of aromatic nitrogens is 1. The van der Waals surface area contributed by atoms with Crippen molar-refractivity contribution < 1.29 is 9.18 Å². The second kappa shape index (κ2) is 8.46. The third-order valence-electron chi connectivity index (χ3n) is 5.23. The third-order valence-corrected chi connectivity index (χ3v) is 6.37. The molecule has 1 fully saturated rings. The summed E-state index contributed by atoms with van der Waals surface area (Å²) in [6.45, 7) is 4.75. The number of hydrogen-bond acceptors (Lipinski definition) is 5. The quantitative estimate of drug-likeness (QED) is 0.856. The van der Waals surface area contributed by atoms with E-state index < -0.39 is 5.82 Å². The summed E-state index contributed by atoms with van der Waals surface area (Å²) in [6.07, 6.45) is 4.89. The Morgan fingerprint density at radius 3 is 2.63 bits per heavy atom. The third kappa shape index (κ3) is 4.72. The van der Waals surface area contributed by atoms with Crippen LogP contribution in [0.1, 0.15) is 28.4 Å². The predicted octanol–water partition coefficient (Wildman–Crippen LogP) is 2.92. The van der Waals surface area contributed by atoms with E-state index in [0.29, 0.717) is 6.54 Å². The van der Waals surface area contributed by atoms with Gasteiger partial charge >= 0.3 is 0 Å². The first-order chi connectivity index (χ1) is 13.2. The molecule has 1 saturated heterocycles. The summed E-state index contributed by atoms with van der Waals surface area (Å²) < 4.78 is 13.6. The van der Waals surface area contributed by atoms with Crippen LogP contribution in [-0.4, -0.2) is 53.4 Å². The van der Waals surface area contributed by atoms with E-state index in [1.807, 2.05) is 11.3 Å². The van der Waals surface area contributed by atoms with Gasteiger partial charge in [-0.05, 0) is 37.8 Å². The van der Waals surface area contributed by atoms with Crippen LogP contribution in [0.25, 0.3) is 0 Å². The van der Waals surface area contributed by atoms with E-state index in [0.717, 1.165) is 39.1 Å². The molecule has 1 N–H and O–H groups in total. The van der Waals surface area contributed by atoms with Crippen molar-refractivity contribution in [3.63, 3.8) is 0 Å². The van der Waals surface area contributed by atoms with Gasteiger partial charge in [-0.3, -0.25) is 14.6 Å². The fourth-order valence-electron chi connectivity index (χ4n) is 3.73. The number of amides is 1. The Labute approximate surface area is 163 Å². The number of thiazole rings is 1. The number of nitrogens with zero attached hydrogens (tertiary/aromatic N) is 3. The van der Waals surface area contributed by atoms with Crippen LogP contribution >= 0.6 is 11.3 Å². The van der Waals surface area contributed by atoms with Crippen LogP contribution in [0.2, 0.25) is 0 Å². The molecule has 2 heterocycles. The number of benzene rings is 1. The molecule has 1 aliphatic carbocycles. The van der Waals surface area contributed by atoms with Gasteiger partial charge in [-0.15, -0.1) is 11.3 Å². The minimum absolute atomic E-state index is 0.166. The fourth-order valence-corrected chi connectivity index (χ4v) is 4.92. The number of halogens is 1. The monoisotopic (exact) mass is 388 g/mol. The van der Waals surface area contributed by atoms with Crippen molar-refractivity contribution in [3.05, 3.63) is 45.7 Å². The molecule has 0 bridgehead atoms. The normalized spacial score (nSPS) is 18.3. The molecule has 5 nitrogen and oxygen atoms in total. The number of para-hydroxylation sites is 1. The standard InChI is InChI=1S/C20H25FN4OS/c21-15-5-1-2-6-16(15)22-19(26)13-24-9-11-25(12-10-24)14-20-23-17-7-3-4-8-18(17)27-20/h1-2,5-6H,3-4,7-14H2,(H,22,26). The van der Waals surface area contributed by atoms with Gasteiger partial charge in [0, 0.05) is 31.1 Å². The van der Waals surface area contributed by atoms with Crippen LogP contribution in [0.3, 0.4) is 0 Å². The lowest BCUT2D eigenvalue weighted by Gasteiger charge is -2.33. The zero-order valence-corrected chi connectivity index (χ0v) is 16.2. The number of rotatable bonds is 5. The molecule has 7 heteroatoms. The first-order valence-electron chi connectivity index (χ1n) is 9.64. The van der Waals surface area contributed by atoms with Crippen molar-refractivity contribution in [2.45, 2.75) is 32.2 Å². The van der Waals surface area contributed by atoms with Gasteiger partial charge in [-0.1, -0.05) is 12.1 Å². The van der Waals surface area contributed by atoms with Crippen molar-refractivity contribution in [2.75, 3.05) is 38.0 Å². The molecule has 27 heavy (non-hydrogen) atoms. The minimum atomic E-state index is -0.401. The number of aryl methyl sites for hydroxylation is 2. The lowest BCUT2D eigenvalue weighted by molar-refractivity contribution is -0.117. The van der Waals surface area contributed by atoms with Crippen molar-refractivity contribution in [1.82, 2.24) is 14.8 Å². The molecule has 2 aromatic rings. The second-order valence-corrected chi connectivity index (χ2v) is 8.43. The highest BCUT2D eigenvalue weighted by Crippen LogP contribution is 2.27. The molecule has 0 saturated carbocycles. The van der Waals surface area contributed by atoms with Crippen molar-refractivity contribution in [3.8, 4) is 0 Å². The largest absolute Gasteiger partial charge is 0.322 e. The summed E-state index contributed by atoms with van der Waals surface area (Å²) in [6, 6.07) is 6.26. The van der Waals surface area contributed by atoms with Crippen LogP contribution in [0, 0.1) is 5.82 Å². The molecule has 1 amide bonds. The number of carbonyl (C=O) groups excluding carboxylic acids is 1. The summed E-state index contributed by atoms with van der Waals surface area (Å²) in [4.78, 5) is 23.0. The van der Waals surface area contributed by atoms with Crippen molar-refractivity contribution in [2.24, 2.45) is 0 Å². The highest BCUT2D eigenvalue weighted by molar-refractivity contribution is 7.11. The number of piperazine rings is 1. The number of fused-ring (bicyclic) bond motifs is 1. The van der Waals surface area contributed by atoms with Gasteiger partial charge < -0.3 is 5.32 Å². The molecule has 0 atom stereocenters. The van der Waals surface area contributed by atoms with Crippen LogP contribution in [0.5, 0.6) is 0 Å².